The first-order chi connectivity index (χ1) is 3.73. The van der Waals surface area contributed by atoms with Crippen molar-refractivity contribution in [1.29, 1.82) is 0 Å². The molecule has 0 atom stereocenters. The minimum absolute atomic E-state index is 0. The molecule has 0 unspecified atom stereocenters. The Hall–Kier alpha value is 1.12. The number of hydrogen-bond acceptors (Lipinski definition) is 3. The molecule has 0 aromatic carbocycles. The first-order valence-corrected chi connectivity index (χ1v) is 3.02. The summed E-state index contributed by atoms with van der Waals surface area (Å²) in [6.07, 6.45) is 0. The summed E-state index contributed by atoms with van der Waals surface area (Å²) in [6, 6.07) is 0. The summed E-state index contributed by atoms with van der Waals surface area (Å²) in [5.41, 5.74) is 0. The predicted molar refractivity (Wildman–Crippen MR) is 50.4 cm³/mol. The van der Waals surface area contributed by atoms with Crippen LogP contribution in [0.3, 0.4) is 0 Å². The van der Waals surface area contributed by atoms with Crippen molar-refractivity contribution in [3.8, 4) is 0 Å². The molecule has 0 bridgehead atoms. The number of carboxylic acid groups (broad SMARTS) is 1. The molecule has 0 aromatic heterocycles. The normalized spacial score (nSPS) is 6.38. The van der Waals surface area contributed by atoms with Gasteiger partial charge in [-0.3, -0.25) is 13.9 Å². The van der Waals surface area contributed by atoms with E-state index in [9.17, 15) is 0 Å². The summed E-state index contributed by atoms with van der Waals surface area (Å²) >= 11 is 0. The Morgan fingerprint density at radius 3 is 1.15 bits per heavy atom. The van der Waals surface area contributed by atoms with Crippen LogP contribution in [0, 0.1) is 0 Å². The van der Waals surface area contributed by atoms with E-state index < -0.39 is 16.4 Å². The van der Waals surface area contributed by atoms with Crippen molar-refractivity contribution in [3.05, 3.63) is 0 Å². The molecule has 0 aliphatic heterocycles. The molecule has 0 amide bonds. The molecule has 0 rings (SSSR count). The SMILES string of the molecule is CC(=O)O.O.O.O=S(=O)(O)O.[CaH2].[LiH]. The van der Waals surface area contributed by atoms with Crippen molar-refractivity contribution in [1.82, 2.24) is 0 Å². The Morgan fingerprint density at radius 2 is 1.15 bits per heavy atom. The van der Waals surface area contributed by atoms with E-state index in [0.717, 1.165) is 6.92 Å². The summed E-state index contributed by atoms with van der Waals surface area (Å²) in [7, 11) is -4.67. The molecule has 8 nitrogen and oxygen atoms in total. The fraction of sp³-hybridized carbons (Fsp3) is 0.500. The van der Waals surface area contributed by atoms with Crippen LogP contribution in [0.1, 0.15) is 6.92 Å². The maximum atomic E-state index is 9.00. The van der Waals surface area contributed by atoms with Gasteiger partial charge in [-0.2, -0.15) is 8.42 Å². The van der Waals surface area contributed by atoms with Crippen molar-refractivity contribution in [2.45, 2.75) is 6.92 Å². The van der Waals surface area contributed by atoms with Gasteiger partial charge in [-0.25, -0.2) is 0 Å². The molecule has 7 N–H and O–H groups in total. The van der Waals surface area contributed by atoms with Gasteiger partial charge in [-0.1, -0.05) is 0 Å². The summed E-state index contributed by atoms with van der Waals surface area (Å²) in [4.78, 5) is 9.00. The molecular weight excluding hydrogens is 231 g/mol. The predicted octanol–water partition coefficient (Wildman–Crippen LogP) is -3.78. The molecule has 0 saturated heterocycles. The second-order valence-electron chi connectivity index (χ2n) is 0.967. The van der Waals surface area contributed by atoms with E-state index in [0.29, 0.717) is 0 Å². The van der Waals surface area contributed by atoms with Gasteiger partial charge in [-0.15, -0.1) is 0 Å². The van der Waals surface area contributed by atoms with Gasteiger partial charge in [0, 0.05) is 6.92 Å². The number of rotatable bonds is 0. The monoisotopic (exact) mass is 244 g/mol. The molecule has 0 heterocycles. The van der Waals surface area contributed by atoms with E-state index in [1.165, 1.54) is 0 Å². The first-order valence-electron chi connectivity index (χ1n) is 1.63. The van der Waals surface area contributed by atoms with Crippen molar-refractivity contribution in [3.63, 3.8) is 0 Å². The van der Waals surface area contributed by atoms with Gasteiger partial charge in [0.2, 0.25) is 0 Å². The van der Waals surface area contributed by atoms with Crippen LogP contribution in [0.25, 0.3) is 0 Å². The molecule has 11 heteroatoms. The zero-order chi connectivity index (χ0) is 8.08. The molecular formula is C2H13CaLiO8S. The molecule has 0 aliphatic rings. The fourth-order valence-electron chi connectivity index (χ4n) is 0. The number of hydrogen-bond donors (Lipinski definition) is 3. The summed E-state index contributed by atoms with van der Waals surface area (Å²) in [5, 5.41) is 7.42. The summed E-state index contributed by atoms with van der Waals surface area (Å²) in [6.45, 7) is 1.08. The van der Waals surface area contributed by atoms with Gasteiger partial charge in [0.1, 0.15) is 0 Å². The topological polar surface area (TPSA) is 175 Å². The molecule has 0 aliphatic carbocycles. The van der Waals surface area contributed by atoms with Crippen molar-refractivity contribution in [2.24, 2.45) is 0 Å². The average Bonchev–Trinajstić information content (AvgIpc) is 1.19. The number of aliphatic carboxylic acids is 1. The van der Waals surface area contributed by atoms with Crippen LogP contribution in [-0.4, -0.2) is 96.2 Å². The first kappa shape index (κ1) is 36.9. The van der Waals surface area contributed by atoms with E-state index >= 15 is 0 Å². The van der Waals surface area contributed by atoms with Crippen LogP contribution in [0.4, 0.5) is 0 Å². The third-order valence-corrected chi connectivity index (χ3v) is 0. The second kappa shape index (κ2) is 18.8. The van der Waals surface area contributed by atoms with E-state index in [-0.39, 0.29) is 67.6 Å². The minimum atomic E-state index is -4.67. The number of carboxylic acids is 1. The summed E-state index contributed by atoms with van der Waals surface area (Å²) < 4.78 is 31.6. The Balaban J connectivity index is -0.0000000146. The van der Waals surface area contributed by atoms with E-state index in [1.54, 1.807) is 0 Å². The van der Waals surface area contributed by atoms with Crippen LogP contribution >= 0.6 is 0 Å². The Morgan fingerprint density at radius 1 is 1.15 bits per heavy atom. The van der Waals surface area contributed by atoms with Gasteiger partial charge in [0.25, 0.3) is 5.97 Å². The average molecular weight is 244 g/mol. The van der Waals surface area contributed by atoms with Gasteiger partial charge in [0.05, 0.1) is 0 Å². The number of carbonyl (C=O) groups is 1. The summed E-state index contributed by atoms with van der Waals surface area (Å²) in [5.74, 6) is -0.833. The van der Waals surface area contributed by atoms with Crippen LogP contribution < -0.4 is 0 Å². The van der Waals surface area contributed by atoms with Gasteiger partial charge in [0.15, 0.2) is 0 Å². The third kappa shape index (κ3) is 1300. The van der Waals surface area contributed by atoms with Crippen LogP contribution in [0.2, 0.25) is 0 Å². The molecule has 0 saturated carbocycles. The van der Waals surface area contributed by atoms with Crippen molar-refractivity contribution in [2.75, 3.05) is 0 Å². The second-order valence-corrected chi connectivity index (χ2v) is 1.86. The zero-order valence-corrected chi connectivity index (χ0v) is 6.29. The third-order valence-electron chi connectivity index (χ3n) is 0. The molecule has 0 radical (unpaired) electrons. The van der Waals surface area contributed by atoms with Crippen molar-refractivity contribution < 1.29 is 38.4 Å². The molecule has 78 valence electrons. The maximum absolute atomic E-state index is 9.00. The van der Waals surface area contributed by atoms with Crippen molar-refractivity contribution >= 4 is 73.0 Å². The Labute approximate surface area is 117 Å². The van der Waals surface area contributed by atoms with Crippen LogP contribution in [0.15, 0.2) is 0 Å². The van der Waals surface area contributed by atoms with Gasteiger partial charge >= 0.3 is 67.0 Å². The van der Waals surface area contributed by atoms with Gasteiger partial charge < -0.3 is 16.1 Å². The van der Waals surface area contributed by atoms with Crippen LogP contribution in [0.5, 0.6) is 0 Å². The van der Waals surface area contributed by atoms with E-state index in [1.807, 2.05) is 0 Å². The molecule has 0 aromatic rings. The standard InChI is InChI=1S/C2H4O2.Ca.Li.H2O4S.2H2O.3H/c1-2(3)4;;;1-5(2,3)4;;;;;/h1H3,(H,3,4);;;(H2,1,2,3,4);2*1H2;;;. The van der Waals surface area contributed by atoms with Crippen LogP contribution in [-0.2, 0) is 15.2 Å². The molecule has 0 spiro atoms. The van der Waals surface area contributed by atoms with E-state index in [2.05, 4.69) is 0 Å². The van der Waals surface area contributed by atoms with E-state index in [4.69, 9.17) is 27.4 Å². The molecule has 13 heavy (non-hydrogen) atoms. The Bertz CT molecular complexity index is 165. The zero-order valence-electron chi connectivity index (χ0n) is 5.47. The molecule has 0 fully saturated rings. The fourth-order valence-corrected chi connectivity index (χ4v) is 0. The Kier molecular flexibility index (Phi) is 53.4. The quantitative estimate of drug-likeness (QED) is 0.291. The van der Waals surface area contributed by atoms with Gasteiger partial charge in [-0.05, 0) is 0 Å².